The molecule has 0 spiro atoms. The Balaban J connectivity index is 1.41. The van der Waals surface area contributed by atoms with Crippen molar-refractivity contribution in [1.82, 2.24) is 24.7 Å². The molecule has 0 unspecified atom stereocenters. The van der Waals surface area contributed by atoms with Crippen LogP contribution in [0.25, 0.3) is 10.2 Å². The second kappa shape index (κ2) is 7.39. The molecule has 0 bridgehead atoms. The molecule has 1 aliphatic carbocycles. The lowest BCUT2D eigenvalue weighted by Crippen LogP contribution is -2.03. The van der Waals surface area contributed by atoms with Gasteiger partial charge in [-0.05, 0) is 44.1 Å². The fourth-order valence-corrected chi connectivity index (χ4v) is 6.29. The summed E-state index contributed by atoms with van der Waals surface area (Å²) in [4.78, 5) is 12.0. The Labute approximate surface area is 167 Å². The Hall–Kier alpha value is -1.67. The van der Waals surface area contributed by atoms with E-state index in [9.17, 15) is 0 Å². The van der Waals surface area contributed by atoms with Crippen LogP contribution in [0.1, 0.15) is 60.6 Å². The molecule has 1 aliphatic heterocycles. The van der Waals surface area contributed by atoms with E-state index < -0.39 is 0 Å². The van der Waals surface area contributed by atoms with Gasteiger partial charge in [-0.15, -0.1) is 21.5 Å². The summed E-state index contributed by atoms with van der Waals surface area (Å²) >= 11 is 3.49. The van der Waals surface area contributed by atoms with Gasteiger partial charge in [-0.1, -0.05) is 24.6 Å². The second-order valence-electron chi connectivity index (χ2n) is 7.42. The lowest BCUT2D eigenvalue weighted by atomic mass is 10.1. The summed E-state index contributed by atoms with van der Waals surface area (Å²) in [6.45, 7) is 1.02. The van der Waals surface area contributed by atoms with Gasteiger partial charge in [0.15, 0.2) is 5.16 Å². The fraction of sp³-hybridized carbons (Fsp3) is 0.579. The third-order valence-electron chi connectivity index (χ3n) is 5.54. The maximum Gasteiger partial charge on any atom is 0.191 e. The van der Waals surface area contributed by atoms with Gasteiger partial charge < -0.3 is 10.3 Å². The van der Waals surface area contributed by atoms with Gasteiger partial charge >= 0.3 is 0 Å². The fourth-order valence-electron chi connectivity index (χ4n) is 4.17. The molecule has 0 fully saturated rings. The minimum Gasteiger partial charge on any atom is -0.383 e. The molecular formula is C19H24N6S2. The summed E-state index contributed by atoms with van der Waals surface area (Å²) < 4.78 is 2.27. The molecule has 0 radical (unpaired) electrons. The van der Waals surface area contributed by atoms with Crippen molar-refractivity contribution in [2.75, 3.05) is 5.73 Å². The Morgan fingerprint density at radius 2 is 1.81 bits per heavy atom. The molecule has 3 aromatic rings. The Bertz CT molecular complexity index is 976. The number of aromatic nitrogens is 5. The number of hydrogen-bond donors (Lipinski definition) is 1. The van der Waals surface area contributed by atoms with Crippen LogP contribution in [0, 0.1) is 0 Å². The number of thiophene rings is 1. The Morgan fingerprint density at radius 3 is 2.78 bits per heavy atom. The quantitative estimate of drug-likeness (QED) is 0.525. The number of nitrogens with zero attached hydrogens (tertiary/aromatic N) is 5. The molecule has 0 atom stereocenters. The molecular weight excluding hydrogens is 376 g/mol. The minimum absolute atomic E-state index is 0.648. The van der Waals surface area contributed by atoms with Crippen LogP contribution in [0.15, 0.2) is 5.16 Å². The van der Waals surface area contributed by atoms with Crippen molar-refractivity contribution in [3.05, 3.63) is 22.1 Å². The number of nitrogen functional groups attached to an aromatic ring is 1. The zero-order chi connectivity index (χ0) is 18.2. The average molecular weight is 401 g/mol. The third-order valence-corrected chi connectivity index (χ3v) is 7.69. The largest absolute Gasteiger partial charge is 0.383 e. The molecule has 142 valence electrons. The van der Waals surface area contributed by atoms with E-state index in [4.69, 9.17) is 10.7 Å². The van der Waals surface area contributed by atoms with Crippen LogP contribution < -0.4 is 5.73 Å². The van der Waals surface area contributed by atoms with Gasteiger partial charge in [0.2, 0.25) is 0 Å². The summed E-state index contributed by atoms with van der Waals surface area (Å²) in [6, 6.07) is 0. The Morgan fingerprint density at radius 1 is 0.963 bits per heavy atom. The van der Waals surface area contributed by atoms with E-state index in [0.29, 0.717) is 11.6 Å². The highest BCUT2D eigenvalue weighted by Crippen LogP contribution is 2.37. The highest BCUT2D eigenvalue weighted by Gasteiger charge is 2.20. The maximum atomic E-state index is 6.37. The van der Waals surface area contributed by atoms with Crippen LogP contribution in [0.2, 0.25) is 0 Å². The van der Waals surface area contributed by atoms with E-state index in [2.05, 4.69) is 19.7 Å². The smallest absolute Gasteiger partial charge is 0.191 e. The van der Waals surface area contributed by atoms with Gasteiger partial charge in [0, 0.05) is 17.8 Å². The average Bonchev–Trinajstić information content (AvgIpc) is 3.00. The van der Waals surface area contributed by atoms with Crippen LogP contribution >= 0.6 is 23.1 Å². The van der Waals surface area contributed by atoms with Gasteiger partial charge in [-0.3, -0.25) is 0 Å². The maximum absolute atomic E-state index is 6.37. The van der Waals surface area contributed by atoms with Crippen molar-refractivity contribution >= 4 is 39.1 Å². The molecule has 2 aliphatic rings. The van der Waals surface area contributed by atoms with Crippen LogP contribution in [-0.4, -0.2) is 24.7 Å². The highest BCUT2D eigenvalue weighted by molar-refractivity contribution is 7.98. The van der Waals surface area contributed by atoms with Gasteiger partial charge in [0.1, 0.15) is 22.3 Å². The topological polar surface area (TPSA) is 82.5 Å². The number of hydrogen-bond acceptors (Lipinski definition) is 7. The van der Waals surface area contributed by atoms with Crippen molar-refractivity contribution in [3.8, 4) is 0 Å². The van der Waals surface area contributed by atoms with Crippen molar-refractivity contribution in [2.45, 2.75) is 75.2 Å². The van der Waals surface area contributed by atoms with Gasteiger partial charge in [0.25, 0.3) is 0 Å². The molecule has 6 nitrogen and oxygen atoms in total. The van der Waals surface area contributed by atoms with Crippen LogP contribution in [0.4, 0.5) is 5.82 Å². The van der Waals surface area contributed by atoms with Gasteiger partial charge in [-0.25, -0.2) is 9.97 Å². The molecule has 4 heterocycles. The summed E-state index contributed by atoms with van der Waals surface area (Å²) in [5.74, 6) is 3.25. The van der Waals surface area contributed by atoms with Crippen LogP contribution in [-0.2, 0) is 31.6 Å². The monoisotopic (exact) mass is 400 g/mol. The molecule has 5 rings (SSSR count). The standard InChI is InChI=1S/C19H24N6S2/c20-17-16-12-7-3-1-4-8-13(12)27-18(16)22-14(21-17)11-26-19-24-23-15-9-5-2-6-10-25(15)19/h1-11H2,(H2,20,21,22). The summed E-state index contributed by atoms with van der Waals surface area (Å²) in [5, 5.41) is 10.9. The van der Waals surface area contributed by atoms with Crippen molar-refractivity contribution < 1.29 is 0 Å². The highest BCUT2D eigenvalue weighted by atomic mass is 32.2. The van der Waals surface area contributed by atoms with Gasteiger partial charge in [-0.2, -0.15) is 0 Å². The summed E-state index contributed by atoms with van der Waals surface area (Å²) in [6.07, 6.45) is 10.8. The summed E-state index contributed by atoms with van der Waals surface area (Å²) in [7, 11) is 0. The predicted octanol–water partition coefficient (Wildman–Crippen LogP) is 4.15. The Kier molecular flexibility index (Phi) is 4.77. The first kappa shape index (κ1) is 17.4. The minimum atomic E-state index is 0.648. The molecule has 0 saturated carbocycles. The van der Waals surface area contributed by atoms with Crippen LogP contribution in [0.3, 0.4) is 0 Å². The van der Waals surface area contributed by atoms with E-state index in [1.165, 1.54) is 49.0 Å². The second-order valence-corrected chi connectivity index (χ2v) is 9.45. The first-order chi connectivity index (χ1) is 13.3. The van der Waals surface area contributed by atoms with Crippen molar-refractivity contribution in [1.29, 1.82) is 0 Å². The molecule has 0 aromatic carbocycles. The summed E-state index contributed by atoms with van der Waals surface area (Å²) in [5.41, 5.74) is 7.78. The number of aryl methyl sites for hydroxylation is 3. The first-order valence-electron chi connectivity index (χ1n) is 9.91. The normalized spacial score (nSPS) is 17.3. The van der Waals surface area contributed by atoms with E-state index in [0.717, 1.165) is 52.8 Å². The number of thioether (sulfide) groups is 1. The lowest BCUT2D eigenvalue weighted by molar-refractivity contribution is 0.591. The molecule has 8 heteroatoms. The van der Waals surface area contributed by atoms with Crippen molar-refractivity contribution in [3.63, 3.8) is 0 Å². The van der Waals surface area contributed by atoms with E-state index in [1.807, 2.05) is 11.3 Å². The van der Waals surface area contributed by atoms with Crippen LogP contribution in [0.5, 0.6) is 0 Å². The van der Waals surface area contributed by atoms with E-state index >= 15 is 0 Å². The molecule has 3 aromatic heterocycles. The number of nitrogens with two attached hydrogens (primary N) is 1. The molecule has 27 heavy (non-hydrogen) atoms. The molecule has 0 amide bonds. The number of rotatable bonds is 3. The molecule has 0 saturated heterocycles. The van der Waals surface area contributed by atoms with Gasteiger partial charge in [0.05, 0.1) is 11.1 Å². The molecule has 2 N–H and O–H groups in total. The zero-order valence-corrected chi connectivity index (χ0v) is 17.0. The van der Waals surface area contributed by atoms with Crippen molar-refractivity contribution in [2.24, 2.45) is 0 Å². The lowest BCUT2D eigenvalue weighted by Gasteiger charge is -2.07. The SMILES string of the molecule is Nc1nc(CSc2nnc3n2CCCCC3)nc2sc3c(c12)CCCCC3. The van der Waals surface area contributed by atoms with E-state index in [1.54, 1.807) is 11.8 Å². The number of anilines is 1. The van der Waals surface area contributed by atoms with E-state index in [-0.39, 0.29) is 0 Å². The zero-order valence-electron chi connectivity index (χ0n) is 15.4. The third kappa shape index (κ3) is 3.33. The first-order valence-corrected chi connectivity index (χ1v) is 11.7. The predicted molar refractivity (Wildman–Crippen MR) is 110 cm³/mol. The number of fused-ring (bicyclic) bond motifs is 4.